The number of pyridine rings is 1. The fourth-order valence-electron chi connectivity index (χ4n) is 2.89. The maximum Gasteiger partial charge on any atom is 0.339 e. The molecule has 1 N–H and O–H groups in total. The van der Waals surface area contributed by atoms with Gasteiger partial charge in [-0.2, -0.15) is 0 Å². The summed E-state index contributed by atoms with van der Waals surface area (Å²) in [6.45, 7) is 6.72. The minimum atomic E-state index is -0.367. The second-order valence-electron chi connectivity index (χ2n) is 6.40. The van der Waals surface area contributed by atoms with E-state index in [1.54, 1.807) is 17.9 Å². The van der Waals surface area contributed by atoms with Gasteiger partial charge in [-0.25, -0.2) is 14.6 Å². The lowest BCUT2D eigenvalue weighted by molar-refractivity contribution is 0.0526. The Morgan fingerprint density at radius 3 is 2.37 bits per heavy atom. The van der Waals surface area contributed by atoms with Gasteiger partial charge in [-0.15, -0.1) is 0 Å². The highest BCUT2D eigenvalue weighted by Crippen LogP contribution is 2.16. The number of aryl methyl sites for hydroxylation is 1. The van der Waals surface area contributed by atoms with Gasteiger partial charge in [0.1, 0.15) is 5.82 Å². The summed E-state index contributed by atoms with van der Waals surface area (Å²) in [6.07, 6.45) is 1.53. The Hall–Kier alpha value is -3.09. The molecule has 3 rings (SSSR count). The molecule has 27 heavy (non-hydrogen) atoms. The number of hydrogen-bond acceptors (Lipinski definition) is 5. The quantitative estimate of drug-likeness (QED) is 0.840. The monoisotopic (exact) mass is 368 g/mol. The molecule has 2 aromatic rings. The van der Waals surface area contributed by atoms with Gasteiger partial charge in [0.15, 0.2) is 0 Å². The van der Waals surface area contributed by atoms with Crippen molar-refractivity contribution in [3.8, 4) is 0 Å². The van der Waals surface area contributed by atoms with Crippen molar-refractivity contribution in [3.63, 3.8) is 0 Å². The Morgan fingerprint density at radius 2 is 1.78 bits per heavy atom. The standard InChI is InChI=1S/C20H24N4O3/c1-3-27-19(25)16-6-9-18(21-14-16)23-10-12-24(13-11-23)20(26)22-17-7-4-15(2)5-8-17/h4-9,14H,3,10-13H2,1-2H3,(H,22,26). The fraction of sp³-hybridized carbons (Fsp3) is 0.350. The van der Waals surface area contributed by atoms with Crippen molar-refractivity contribution in [1.82, 2.24) is 9.88 Å². The molecular weight excluding hydrogens is 344 g/mol. The number of rotatable bonds is 4. The summed E-state index contributed by atoms with van der Waals surface area (Å²) in [5.74, 6) is 0.427. The van der Waals surface area contributed by atoms with Gasteiger partial charge >= 0.3 is 12.0 Å². The topological polar surface area (TPSA) is 74.8 Å². The number of benzene rings is 1. The van der Waals surface area contributed by atoms with Crippen molar-refractivity contribution in [2.24, 2.45) is 0 Å². The average Bonchev–Trinajstić information content (AvgIpc) is 2.70. The zero-order valence-electron chi connectivity index (χ0n) is 15.6. The van der Waals surface area contributed by atoms with E-state index in [-0.39, 0.29) is 12.0 Å². The van der Waals surface area contributed by atoms with Crippen molar-refractivity contribution in [3.05, 3.63) is 53.7 Å². The van der Waals surface area contributed by atoms with Crippen molar-refractivity contribution >= 4 is 23.5 Å². The van der Waals surface area contributed by atoms with Gasteiger partial charge < -0.3 is 19.9 Å². The molecule has 7 heteroatoms. The normalized spacial score (nSPS) is 14.0. The van der Waals surface area contributed by atoms with Gasteiger partial charge in [-0.05, 0) is 38.1 Å². The third kappa shape index (κ3) is 4.75. The van der Waals surface area contributed by atoms with Crippen molar-refractivity contribution in [1.29, 1.82) is 0 Å². The molecule has 1 aromatic carbocycles. The maximum atomic E-state index is 12.4. The first-order valence-corrected chi connectivity index (χ1v) is 9.07. The highest BCUT2D eigenvalue weighted by atomic mass is 16.5. The number of piperazine rings is 1. The Morgan fingerprint density at radius 1 is 1.07 bits per heavy atom. The molecule has 0 radical (unpaired) electrons. The molecule has 0 bridgehead atoms. The maximum absolute atomic E-state index is 12.4. The van der Waals surface area contributed by atoms with Gasteiger partial charge in [0, 0.05) is 38.1 Å². The molecule has 1 aliphatic rings. The van der Waals surface area contributed by atoms with Crippen LogP contribution in [0.4, 0.5) is 16.3 Å². The summed E-state index contributed by atoms with van der Waals surface area (Å²) < 4.78 is 4.97. The van der Waals surface area contributed by atoms with E-state index in [1.165, 1.54) is 6.20 Å². The summed E-state index contributed by atoms with van der Waals surface area (Å²) in [7, 11) is 0. The molecule has 0 atom stereocenters. The zero-order chi connectivity index (χ0) is 19.2. The van der Waals surface area contributed by atoms with Crippen LogP contribution in [0, 0.1) is 6.92 Å². The number of aromatic nitrogens is 1. The largest absolute Gasteiger partial charge is 0.462 e. The number of amides is 2. The first-order chi connectivity index (χ1) is 13.1. The number of nitrogens with one attached hydrogen (secondary N) is 1. The Kier molecular flexibility index (Phi) is 5.90. The number of carbonyl (C=O) groups excluding carboxylic acids is 2. The molecule has 2 amide bonds. The molecule has 1 aliphatic heterocycles. The van der Waals surface area contributed by atoms with Gasteiger partial charge in [0.25, 0.3) is 0 Å². The molecule has 0 saturated carbocycles. The summed E-state index contributed by atoms with van der Waals surface area (Å²) in [6, 6.07) is 11.2. The van der Waals surface area contributed by atoms with Crippen molar-refractivity contribution in [2.45, 2.75) is 13.8 Å². The Labute approximate surface area is 158 Å². The van der Waals surface area contributed by atoms with E-state index >= 15 is 0 Å². The molecule has 0 spiro atoms. The predicted octanol–water partition coefficient (Wildman–Crippen LogP) is 2.92. The molecule has 1 fully saturated rings. The van der Waals surface area contributed by atoms with E-state index in [0.717, 1.165) is 17.1 Å². The average molecular weight is 368 g/mol. The number of nitrogens with zero attached hydrogens (tertiary/aromatic N) is 3. The van der Waals surface area contributed by atoms with Crippen LogP contribution in [-0.4, -0.2) is 54.7 Å². The molecule has 0 aliphatic carbocycles. The van der Waals surface area contributed by atoms with Crippen LogP contribution >= 0.6 is 0 Å². The number of hydrogen-bond donors (Lipinski definition) is 1. The van der Waals surface area contributed by atoms with Gasteiger partial charge in [0.2, 0.25) is 0 Å². The summed E-state index contributed by atoms with van der Waals surface area (Å²) in [4.78, 5) is 32.4. The van der Waals surface area contributed by atoms with Crippen LogP contribution in [0.25, 0.3) is 0 Å². The second kappa shape index (κ2) is 8.53. The van der Waals surface area contributed by atoms with Crippen LogP contribution in [-0.2, 0) is 4.74 Å². The molecule has 142 valence electrons. The Balaban J connectivity index is 1.53. The van der Waals surface area contributed by atoms with Gasteiger partial charge in [-0.1, -0.05) is 17.7 Å². The van der Waals surface area contributed by atoms with Crippen LogP contribution in [0.15, 0.2) is 42.6 Å². The first-order valence-electron chi connectivity index (χ1n) is 9.07. The van der Waals surface area contributed by atoms with Gasteiger partial charge in [0.05, 0.1) is 12.2 Å². The SMILES string of the molecule is CCOC(=O)c1ccc(N2CCN(C(=O)Nc3ccc(C)cc3)CC2)nc1. The smallest absolute Gasteiger partial charge is 0.339 e. The lowest BCUT2D eigenvalue weighted by Gasteiger charge is -2.35. The summed E-state index contributed by atoms with van der Waals surface area (Å²) in [5, 5.41) is 2.93. The van der Waals surface area contributed by atoms with Crippen LogP contribution in [0.2, 0.25) is 0 Å². The fourth-order valence-corrected chi connectivity index (χ4v) is 2.89. The van der Waals surface area contributed by atoms with Crippen molar-refractivity contribution in [2.75, 3.05) is 43.0 Å². The van der Waals surface area contributed by atoms with Crippen LogP contribution in [0.5, 0.6) is 0 Å². The minimum absolute atomic E-state index is 0.0934. The third-order valence-electron chi connectivity index (χ3n) is 4.45. The molecule has 1 aromatic heterocycles. The summed E-state index contributed by atoms with van der Waals surface area (Å²) >= 11 is 0. The molecule has 7 nitrogen and oxygen atoms in total. The zero-order valence-corrected chi connectivity index (χ0v) is 15.6. The van der Waals surface area contributed by atoms with E-state index in [2.05, 4.69) is 15.2 Å². The molecular formula is C20H24N4O3. The number of anilines is 2. The van der Waals surface area contributed by atoms with Gasteiger partial charge in [-0.3, -0.25) is 0 Å². The van der Waals surface area contributed by atoms with E-state index < -0.39 is 0 Å². The van der Waals surface area contributed by atoms with Crippen molar-refractivity contribution < 1.29 is 14.3 Å². The van der Waals surface area contributed by atoms with E-state index in [1.807, 2.05) is 37.3 Å². The highest BCUT2D eigenvalue weighted by Gasteiger charge is 2.22. The Bertz CT molecular complexity index is 782. The van der Waals surface area contributed by atoms with E-state index in [0.29, 0.717) is 38.3 Å². The minimum Gasteiger partial charge on any atom is -0.462 e. The predicted molar refractivity (Wildman–Crippen MR) is 104 cm³/mol. The number of carbonyl (C=O) groups is 2. The summed E-state index contributed by atoms with van der Waals surface area (Å²) in [5.41, 5.74) is 2.39. The van der Waals surface area contributed by atoms with Crippen LogP contribution in [0.1, 0.15) is 22.8 Å². The molecule has 1 saturated heterocycles. The lowest BCUT2D eigenvalue weighted by Crippen LogP contribution is -2.50. The molecule has 0 unspecified atom stereocenters. The van der Waals surface area contributed by atoms with E-state index in [4.69, 9.17) is 4.74 Å². The third-order valence-corrected chi connectivity index (χ3v) is 4.45. The van der Waals surface area contributed by atoms with Crippen LogP contribution in [0.3, 0.4) is 0 Å². The number of esters is 1. The lowest BCUT2D eigenvalue weighted by atomic mass is 10.2. The second-order valence-corrected chi connectivity index (χ2v) is 6.40. The number of ether oxygens (including phenoxy) is 1. The molecule has 2 heterocycles. The number of urea groups is 1. The first kappa shape index (κ1) is 18.7. The van der Waals surface area contributed by atoms with E-state index in [9.17, 15) is 9.59 Å². The van der Waals surface area contributed by atoms with Crippen LogP contribution < -0.4 is 10.2 Å². The highest BCUT2D eigenvalue weighted by molar-refractivity contribution is 5.90.